The van der Waals surface area contributed by atoms with Crippen LogP contribution in [0.5, 0.6) is 0 Å². The molecule has 0 radical (unpaired) electrons. The molecule has 4 nitrogen and oxygen atoms in total. The van der Waals surface area contributed by atoms with Crippen molar-refractivity contribution in [2.45, 2.75) is 0 Å². The quantitative estimate of drug-likeness (QED) is 0.388. The molecule has 0 aliphatic rings. The minimum Gasteiger partial charge on any atom is -0.258 e. The summed E-state index contributed by atoms with van der Waals surface area (Å²) in [7, 11) is 0. The normalized spacial score (nSPS) is 11.0. The number of hydrogen-bond donors (Lipinski definition) is 0. The first kappa shape index (κ1) is 13.4. The van der Waals surface area contributed by atoms with Crippen molar-refractivity contribution >= 4 is 27.4 Å². The van der Waals surface area contributed by atoms with Crippen LogP contribution in [0.3, 0.4) is 0 Å². The summed E-state index contributed by atoms with van der Waals surface area (Å²) in [5.41, 5.74) is 2.23. The Morgan fingerprint density at radius 2 is 1.52 bits per heavy atom. The second kappa shape index (κ2) is 5.18. The first-order valence-electron chi connectivity index (χ1n) is 7.26. The molecule has 0 unspecified atom stereocenters. The number of aromatic nitrogens is 1. The fourth-order valence-corrected chi connectivity index (χ4v) is 2.89. The molecule has 0 atom stereocenters. The van der Waals surface area contributed by atoms with E-state index in [0.717, 1.165) is 16.3 Å². The summed E-state index contributed by atoms with van der Waals surface area (Å²) < 4.78 is 0. The van der Waals surface area contributed by atoms with Gasteiger partial charge >= 0.3 is 0 Å². The van der Waals surface area contributed by atoms with Crippen molar-refractivity contribution in [3.8, 4) is 11.3 Å². The molecular weight excluding hydrogens is 288 g/mol. The molecule has 4 rings (SSSR count). The van der Waals surface area contributed by atoms with Gasteiger partial charge in [0.25, 0.3) is 5.69 Å². The minimum atomic E-state index is -0.349. The van der Waals surface area contributed by atoms with E-state index in [2.05, 4.69) is 4.98 Å². The molecule has 0 amide bonds. The number of rotatable bonds is 2. The molecule has 110 valence electrons. The number of hydrogen-bond acceptors (Lipinski definition) is 3. The van der Waals surface area contributed by atoms with Crippen molar-refractivity contribution in [3.05, 3.63) is 82.9 Å². The van der Waals surface area contributed by atoms with Gasteiger partial charge < -0.3 is 0 Å². The Hall–Kier alpha value is -3.27. The fourth-order valence-electron chi connectivity index (χ4n) is 2.89. The van der Waals surface area contributed by atoms with Crippen molar-refractivity contribution in [2.75, 3.05) is 0 Å². The van der Waals surface area contributed by atoms with Crippen molar-refractivity contribution in [3.63, 3.8) is 0 Å². The van der Waals surface area contributed by atoms with E-state index in [9.17, 15) is 10.1 Å². The lowest BCUT2D eigenvalue weighted by atomic mass is 10.0. The van der Waals surface area contributed by atoms with Gasteiger partial charge in [-0.3, -0.25) is 10.1 Å². The third-order valence-electron chi connectivity index (χ3n) is 3.96. The largest absolute Gasteiger partial charge is 0.280 e. The molecule has 4 aromatic rings. The standard InChI is InChI=1S/C19H12N2O2/c22-21(23)19-12-18(20-17-11-4-3-9-16(17)19)15-10-5-7-13-6-1-2-8-14(13)15/h1-12H. The van der Waals surface area contributed by atoms with E-state index in [4.69, 9.17) is 0 Å². The maximum Gasteiger partial charge on any atom is 0.280 e. The van der Waals surface area contributed by atoms with Crippen LogP contribution in [0.4, 0.5) is 5.69 Å². The van der Waals surface area contributed by atoms with Crippen LogP contribution in [0, 0.1) is 10.1 Å². The fraction of sp³-hybridized carbons (Fsp3) is 0. The highest BCUT2D eigenvalue weighted by atomic mass is 16.6. The van der Waals surface area contributed by atoms with Gasteiger partial charge in [-0.25, -0.2) is 4.98 Å². The molecule has 0 saturated carbocycles. The van der Waals surface area contributed by atoms with Crippen molar-refractivity contribution in [2.24, 2.45) is 0 Å². The summed E-state index contributed by atoms with van der Waals surface area (Å²) in [6.07, 6.45) is 0. The summed E-state index contributed by atoms with van der Waals surface area (Å²) in [5.74, 6) is 0. The number of benzene rings is 3. The van der Waals surface area contributed by atoms with E-state index < -0.39 is 0 Å². The average molecular weight is 300 g/mol. The molecule has 1 aromatic heterocycles. The van der Waals surface area contributed by atoms with E-state index >= 15 is 0 Å². The maximum absolute atomic E-state index is 11.4. The van der Waals surface area contributed by atoms with Gasteiger partial charge in [-0.15, -0.1) is 0 Å². The number of nitrogens with zero attached hydrogens (tertiary/aromatic N) is 2. The number of nitro groups is 1. The molecule has 0 aliphatic carbocycles. The Kier molecular flexibility index (Phi) is 3.01. The highest BCUT2D eigenvalue weighted by Crippen LogP contribution is 2.33. The van der Waals surface area contributed by atoms with Gasteiger partial charge in [-0.2, -0.15) is 0 Å². The number of para-hydroxylation sites is 1. The molecule has 23 heavy (non-hydrogen) atoms. The van der Waals surface area contributed by atoms with Crippen LogP contribution in [-0.2, 0) is 0 Å². The Labute approximate surface area is 132 Å². The molecule has 0 bridgehead atoms. The molecule has 0 fully saturated rings. The topological polar surface area (TPSA) is 56.0 Å². The van der Waals surface area contributed by atoms with Crippen LogP contribution in [0.1, 0.15) is 0 Å². The Balaban J connectivity index is 2.07. The van der Waals surface area contributed by atoms with Crippen molar-refractivity contribution < 1.29 is 4.92 Å². The maximum atomic E-state index is 11.4. The van der Waals surface area contributed by atoms with Crippen LogP contribution in [0.2, 0.25) is 0 Å². The van der Waals surface area contributed by atoms with Gasteiger partial charge in [-0.05, 0) is 22.9 Å². The van der Waals surface area contributed by atoms with Crippen LogP contribution in [0.25, 0.3) is 32.9 Å². The molecule has 0 N–H and O–H groups in total. The van der Waals surface area contributed by atoms with E-state index in [0.29, 0.717) is 16.6 Å². The van der Waals surface area contributed by atoms with Gasteiger partial charge in [0, 0.05) is 11.6 Å². The van der Waals surface area contributed by atoms with Gasteiger partial charge in [0.2, 0.25) is 0 Å². The lowest BCUT2D eigenvalue weighted by Crippen LogP contribution is -1.94. The lowest BCUT2D eigenvalue weighted by Gasteiger charge is -2.08. The van der Waals surface area contributed by atoms with Crippen LogP contribution in [0.15, 0.2) is 72.8 Å². The second-order valence-corrected chi connectivity index (χ2v) is 5.33. The molecular formula is C19H12N2O2. The van der Waals surface area contributed by atoms with Gasteiger partial charge in [-0.1, -0.05) is 54.6 Å². The Morgan fingerprint density at radius 3 is 2.35 bits per heavy atom. The zero-order valence-electron chi connectivity index (χ0n) is 12.1. The third kappa shape index (κ3) is 2.21. The molecule has 4 heteroatoms. The van der Waals surface area contributed by atoms with E-state index in [1.54, 1.807) is 24.3 Å². The highest BCUT2D eigenvalue weighted by Gasteiger charge is 2.16. The SMILES string of the molecule is O=[N+]([O-])c1cc(-c2cccc3ccccc23)nc2ccccc12. The van der Waals surface area contributed by atoms with E-state index in [1.807, 2.05) is 48.5 Å². The first-order valence-corrected chi connectivity index (χ1v) is 7.26. The third-order valence-corrected chi connectivity index (χ3v) is 3.96. The monoisotopic (exact) mass is 300 g/mol. The first-order chi connectivity index (χ1) is 11.2. The predicted octanol–water partition coefficient (Wildman–Crippen LogP) is 4.96. The van der Waals surface area contributed by atoms with Crippen molar-refractivity contribution in [1.29, 1.82) is 0 Å². The van der Waals surface area contributed by atoms with E-state index in [-0.39, 0.29) is 10.6 Å². The molecule has 3 aromatic carbocycles. The van der Waals surface area contributed by atoms with Crippen molar-refractivity contribution in [1.82, 2.24) is 4.98 Å². The highest BCUT2D eigenvalue weighted by molar-refractivity contribution is 5.98. The van der Waals surface area contributed by atoms with Gasteiger partial charge in [0.15, 0.2) is 0 Å². The zero-order valence-corrected chi connectivity index (χ0v) is 12.1. The molecule has 0 saturated heterocycles. The van der Waals surface area contributed by atoms with Crippen LogP contribution >= 0.6 is 0 Å². The zero-order chi connectivity index (χ0) is 15.8. The summed E-state index contributed by atoms with van der Waals surface area (Å²) in [5, 5.41) is 14.1. The number of fused-ring (bicyclic) bond motifs is 2. The summed E-state index contributed by atoms with van der Waals surface area (Å²) in [4.78, 5) is 15.7. The summed E-state index contributed by atoms with van der Waals surface area (Å²) >= 11 is 0. The van der Waals surface area contributed by atoms with Gasteiger partial charge in [0.05, 0.1) is 21.5 Å². The average Bonchev–Trinajstić information content (AvgIpc) is 2.60. The van der Waals surface area contributed by atoms with Crippen LogP contribution in [-0.4, -0.2) is 9.91 Å². The lowest BCUT2D eigenvalue weighted by molar-refractivity contribution is -0.383. The second-order valence-electron chi connectivity index (χ2n) is 5.33. The Bertz CT molecular complexity index is 1050. The van der Waals surface area contributed by atoms with Crippen LogP contribution < -0.4 is 0 Å². The Morgan fingerprint density at radius 1 is 0.826 bits per heavy atom. The number of pyridine rings is 1. The summed E-state index contributed by atoms with van der Waals surface area (Å²) in [6, 6.07) is 22.6. The predicted molar refractivity (Wildman–Crippen MR) is 91.3 cm³/mol. The minimum absolute atomic E-state index is 0.0820. The molecule has 0 spiro atoms. The molecule has 0 aliphatic heterocycles. The smallest absolute Gasteiger partial charge is 0.258 e. The summed E-state index contributed by atoms with van der Waals surface area (Å²) in [6.45, 7) is 0. The molecule has 1 heterocycles. The van der Waals surface area contributed by atoms with Gasteiger partial charge in [0.1, 0.15) is 0 Å². The van der Waals surface area contributed by atoms with E-state index in [1.165, 1.54) is 0 Å².